The third kappa shape index (κ3) is 5.47. The molecule has 2 aliphatic rings. The van der Waals surface area contributed by atoms with Crippen molar-refractivity contribution in [2.75, 3.05) is 0 Å². The molecule has 0 N–H and O–H groups in total. The van der Waals surface area contributed by atoms with Gasteiger partial charge in [0.15, 0.2) is 0 Å². The molecular weight excluding hydrogens is 713 g/mol. The largest absolute Gasteiger partial charge is 0.309 e. The van der Waals surface area contributed by atoms with Crippen molar-refractivity contribution >= 4 is 49.2 Å². The van der Waals surface area contributed by atoms with E-state index in [0.29, 0.717) is 0 Å². The van der Waals surface area contributed by atoms with E-state index in [2.05, 4.69) is 209 Å². The molecule has 2 heteroatoms. The van der Waals surface area contributed by atoms with E-state index in [1.165, 1.54) is 105 Å². The molecule has 0 amide bonds. The van der Waals surface area contributed by atoms with Gasteiger partial charge in [-0.05, 0) is 136 Å². The second-order valence-corrected chi connectivity index (χ2v) is 16.3. The van der Waals surface area contributed by atoms with Gasteiger partial charge in [-0.2, -0.15) is 0 Å². The number of aromatic nitrogens is 2. The Morgan fingerprint density at radius 3 is 1.97 bits per heavy atom. The molecule has 2 nitrogen and oxygen atoms in total. The van der Waals surface area contributed by atoms with Gasteiger partial charge in [0.25, 0.3) is 0 Å². The Morgan fingerprint density at radius 1 is 0.458 bits per heavy atom. The van der Waals surface area contributed by atoms with Crippen LogP contribution < -0.4 is 0 Å². The van der Waals surface area contributed by atoms with Crippen molar-refractivity contribution < 1.29 is 0 Å². The van der Waals surface area contributed by atoms with Crippen LogP contribution in [0.2, 0.25) is 0 Å². The first-order valence-corrected chi connectivity index (χ1v) is 21.1. The van der Waals surface area contributed by atoms with Crippen LogP contribution in [0.1, 0.15) is 47.4 Å². The van der Waals surface area contributed by atoms with Crippen LogP contribution in [0.5, 0.6) is 0 Å². The predicted octanol–water partition coefficient (Wildman–Crippen LogP) is 15.0. The van der Waals surface area contributed by atoms with Crippen LogP contribution in [0.3, 0.4) is 0 Å². The summed E-state index contributed by atoms with van der Waals surface area (Å²) in [7, 11) is 0. The van der Waals surface area contributed by atoms with Crippen molar-refractivity contribution in [3.8, 4) is 33.6 Å². The number of allylic oxidation sites excluding steroid dienone is 4. The summed E-state index contributed by atoms with van der Waals surface area (Å²) >= 11 is 0. The average Bonchev–Trinajstić information content (AvgIpc) is 3.76. The minimum absolute atomic E-state index is 0.289. The fraction of sp³-hybridized carbons (Fsp3) is 0.0877. The van der Waals surface area contributed by atoms with Gasteiger partial charge in [0.1, 0.15) is 0 Å². The lowest BCUT2D eigenvalue weighted by Crippen LogP contribution is -2.02. The van der Waals surface area contributed by atoms with Gasteiger partial charge in [-0.25, -0.2) is 0 Å². The lowest BCUT2D eigenvalue weighted by molar-refractivity contribution is 0.726. The molecular formula is C57H42N2. The van der Waals surface area contributed by atoms with Gasteiger partial charge in [-0.15, -0.1) is 0 Å². The Labute approximate surface area is 344 Å². The summed E-state index contributed by atoms with van der Waals surface area (Å²) in [6, 6.07) is 68.2. The molecule has 12 rings (SSSR count). The second-order valence-electron chi connectivity index (χ2n) is 16.3. The van der Waals surface area contributed by atoms with Crippen molar-refractivity contribution in [2.45, 2.75) is 31.6 Å². The molecule has 0 bridgehead atoms. The average molecular weight is 755 g/mol. The molecule has 8 aromatic carbocycles. The van der Waals surface area contributed by atoms with Crippen LogP contribution in [0.4, 0.5) is 0 Å². The highest BCUT2D eigenvalue weighted by atomic mass is 15.0. The van der Waals surface area contributed by atoms with E-state index in [1.807, 2.05) is 0 Å². The predicted molar refractivity (Wildman–Crippen MR) is 249 cm³/mol. The maximum Gasteiger partial charge on any atom is 0.0547 e. The van der Waals surface area contributed by atoms with E-state index in [-0.39, 0.29) is 5.92 Å². The molecule has 0 aliphatic heterocycles. The van der Waals surface area contributed by atoms with Crippen LogP contribution in [-0.2, 0) is 6.42 Å². The molecule has 2 aliphatic carbocycles. The molecule has 2 aromatic heterocycles. The highest BCUT2D eigenvalue weighted by molar-refractivity contribution is 6.17. The van der Waals surface area contributed by atoms with Crippen LogP contribution in [-0.4, -0.2) is 9.13 Å². The Hall–Kier alpha value is -7.16. The number of rotatable bonds is 5. The third-order valence-corrected chi connectivity index (χ3v) is 13.0. The van der Waals surface area contributed by atoms with Crippen molar-refractivity contribution in [3.05, 3.63) is 222 Å². The van der Waals surface area contributed by atoms with Gasteiger partial charge in [0.2, 0.25) is 0 Å². The van der Waals surface area contributed by atoms with Crippen molar-refractivity contribution in [1.29, 1.82) is 0 Å². The fourth-order valence-corrected chi connectivity index (χ4v) is 10.3. The molecule has 0 radical (unpaired) electrons. The van der Waals surface area contributed by atoms with Gasteiger partial charge in [-0.1, -0.05) is 140 Å². The number of hydrogen-bond acceptors (Lipinski definition) is 0. The summed E-state index contributed by atoms with van der Waals surface area (Å²) in [5, 5.41) is 5.19. The summed E-state index contributed by atoms with van der Waals surface area (Å²) in [5.41, 5.74) is 19.4. The van der Waals surface area contributed by atoms with Gasteiger partial charge in [-0.3, -0.25) is 0 Å². The Morgan fingerprint density at radius 2 is 1.14 bits per heavy atom. The normalized spacial score (nSPS) is 15.1. The second kappa shape index (κ2) is 13.7. The lowest BCUT2D eigenvalue weighted by Gasteiger charge is -2.20. The Balaban J connectivity index is 1.10. The SMILES string of the molecule is C1=CCCC(c2cccc(-n3c4ccccc4c4c5c(ccc43)CCC(c3ccccc3)c3ccc(-c4ccc6c(c4)c4ccccc4n6-c4ccccc4)cc3-5)c2)=C1. The lowest BCUT2D eigenvalue weighted by atomic mass is 9.84. The summed E-state index contributed by atoms with van der Waals surface area (Å²) in [6.07, 6.45) is 11.0. The van der Waals surface area contributed by atoms with Crippen molar-refractivity contribution in [3.63, 3.8) is 0 Å². The number of fused-ring (bicyclic) bond motifs is 10. The molecule has 0 fully saturated rings. The number of nitrogens with zero attached hydrogens (tertiary/aromatic N) is 2. The van der Waals surface area contributed by atoms with Crippen LogP contribution in [0, 0.1) is 0 Å². The van der Waals surface area contributed by atoms with E-state index in [9.17, 15) is 0 Å². The number of hydrogen-bond donors (Lipinski definition) is 0. The fourth-order valence-electron chi connectivity index (χ4n) is 10.3. The molecule has 280 valence electrons. The Kier molecular flexibility index (Phi) is 7.91. The van der Waals surface area contributed by atoms with Crippen molar-refractivity contribution in [1.82, 2.24) is 9.13 Å². The van der Waals surface area contributed by atoms with Crippen LogP contribution in [0.25, 0.3) is 82.8 Å². The molecule has 0 saturated heterocycles. The highest BCUT2D eigenvalue weighted by Crippen LogP contribution is 2.49. The number of aryl methyl sites for hydroxylation is 1. The summed E-state index contributed by atoms with van der Waals surface area (Å²) in [6.45, 7) is 0. The maximum atomic E-state index is 2.52. The zero-order chi connectivity index (χ0) is 38.9. The highest BCUT2D eigenvalue weighted by Gasteiger charge is 2.28. The standard InChI is InChI=1S/C57H42N2/c1-4-15-38(16-5-1)41-19-14-22-45(35-41)59-53-26-13-11-24-49(53)57-55(59)34-29-40-27-31-46(39-17-6-2-7-18-39)47-32-28-42(37-51(47)56(40)57)43-30-33-54-50(36-43)48-23-10-12-25-52(48)58(54)44-20-8-3-9-21-44/h1-4,6-15,17-26,28-30,32-37,46H,5,16,27,31H2. The van der Waals surface area contributed by atoms with E-state index < -0.39 is 0 Å². The van der Waals surface area contributed by atoms with Crippen LogP contribution >= 0.6 is 0 Å². The topological polar surface area (TPSA) is 9.86 Å². The van der Waals surface area contributed by atoms with E-state index in [1.54, 1.807) is 0 Å². The summed E-state index contributed by atoms with van der Waals surface area (Å²) < 4.78 is 4.91. The summed E-state index contributed by atoms with van der Waals surface area (Å²) in [4.78, 5) is 0. The smallest absolute Gasteiger partial charge is 0.0547 e. The molecule has 0 spiro atoms. The third-order valence-electron chi connectivity index (χ3n) is 13.0. The van der Waals surface area contributed by atoms with E-state index in [0.717, 1.165) is 25.7 Å². The maximum absolute atomic E-state index is 2.52. The molecule has 1 atom stereocenters. The zero-order valence-electron chi connectivity index (χ0n) is 32.9. The van der Waals surface area contributed by atoms with E-state index in [4.69, 9.17) is 0 Å². The van der Waals surface area contributed by atoms with Gasteiger partial charge >= 0.3 is 0 Å². The molecule has 59 heavy (non-hydrogen) atoms. The van der Waals surface area contributed by atoms with Gasteiger partial charge in [0.05, 0.1) is 22.1 Å². The first-order valence-electron chi connectivity index (χ1n) is 21.1. The van der Waals surface area contributed by atoms with Gasteiger partial charge in [0, 0.05) is 38.8 Å². The van der Waals surface area contributed by atoms with Gasteiger partial charge < -0.3 is 9.13 Å². The molecule has 2 heterocycles. The zero-order valence-corrected chi connectivity index (χ0v) is 32.9. The quantitative estimate of drug-likeness (QED) is 0.166. The molecule has 0 saturated carbocycles. The monoisotopic (exact) mass is 754 g/mol. The summed E-state index contributed by atoms with van der Waals surface area (Å²) in [5.74, 6) is 0.289. The minimum Gasteiger partial charge on any atom is -0.309 e. The molecule has 10 aromatic rings. The first kappa shape index (κ1) is 33.9. The molecule has 1 unspecified atom stereocenters. The number of benzene rings is 8. The van der Waals surface area contributed by atoms with Crippen molar-refractivity contribution in [2.24, 2.45) is 0 Å². The minimum atomic E-state index is 0.289. The van der Waals surface area contributed by atoms with E-state index >= 15 is 0 Å². The first-order chi connectivity index (χ1) is 29.3. The Bertz CT molecular complexity index is 3320. The number of para-hydroxylation sites is 3. The van der Waals surface area contributed by atoms with Crippen LogP contribution in [0.15, 0.2) is 200 Å².